The number of esters is 1. The van der Waals surface area contributed by atoms with Crippen LogP contribution in [0.25, 0.3) is 22.7 Å². The second-order valence-corrected chi connectivity index (χ2v) is 7.63. The zero-order valence-corrected chi connectivity index (χ0v) is 18.0. The fourth-order valence-corrected chi connectivity index (χ4v) is 3.91. The molecule has 166 valence electrons. The lowest BCUT2D eigenvalue weighted by atomic mass is 10.0. The maximum absolute atomic E-state index is 13.4. The molecule has 0 fully saturated rings. The highest BCUT2D eigenvalue weighted by molar-refractivity contribution is 5.95. The van der Waals surface area contributed by atoms with Gasteiger partial charge in [-0.15, -0.1) is 0 Å². The van der Waals surface area contributed by atoms with Gasteiger partial charge in [0.1, 0.15) is 17.2 Å². The molecule has 0 aliphatic carbocycles. The monoisotopic (exact) mass is 444 g/mol. The van der Waals surface area contributed by atoms with E-state index in [9.17, 15) is 9.18 Å². The van der Waals surface area contributed by atoms with Gasteiger partial charge in [0.25, 0.3) is 0 Å². The average molecular weight is 444 g/mol. The molecule has 0 bridgehead atoms. The summed E-state index contributed by atoms with van der Waals surface area (Å²) in [5.41, 5.74) is 3.64. The van der Waals surface area contributed by atoms with E-state index in [1.54, 1.807) is 19.1 Å². The number of hydrogen-bond donors (Lipinski definition) is 0. The largest absolute Gasteiger partial charge is 0.462 e. The van der Waals surface area contributed by atoms with E-state index in [0.717, 1.165) is 22.4 Å². The first-order valence-electron chi connectivity index (χ1n) is 10.7. The van der Waals surface area contributed by atoms with Crippen LogP contribution in [0.5, 0.6) is 0 Å². The Balaban J connectivity index is 1.55. The number of aromatic nitrogens is 3. The Labute approximate surface area is 189 Å². The van der Waals surface area contributed by atoms with Crippen LogP contribution in [0.3, 0.4) is 0 Å². The van der Waals surface area contributed by atoms with E-state index in [1.165, 1.54) is 18.3 Å². The molecule has 0 amide bonds. The molecule has 4 aromatic rings. The summed E-state index contributed by atoms with van der Waals surface area (Å²) < 4.78 is 24.3. The predicted molar refractivity (Wildman–Crippen MR) is 120 cm³/mol. The molecule has 0 atom stereocenters. The number of rotatable bonds is 5. The number of halogens is 1. The van der Waals surface area contributed by atoms with E-state index in [-0.39, 0.29) is 12.4 Å². The fraction of sp³-hybridized carbons (Fsp3) is 0.200. The molecule has 0 saturated carbocycles. The van der Waals surface area contributed by atoms with Gasteiger partial charge in [0.05, 0.1) is 18.8 Å². The van der Waals surface area contributed by atoms with Crippen LogP contribution in [0.2, 0.25) is 0 Å². The third-order valence-electron chi connectivity index (χ3n) is 5.54. The summed E-state index contributed by atoms with van der Waals surface area (Å²) in [5.74, 6) is 0.821. The van der Waals surface area contributed by atoms with E-state index in [1.807, 2.05) is 35.2 Å². The van der Waals surface area contributed by atoms with Gasteiger partial charge in [-0.05, 0) is 31.2 Å². The first-order valence-corrected chi connectivity index (χ1v) is 10.7. The lowest BCUT2D eigenvalue weighted by Crippen LogP contribution is -2.32. The lowest BCUT2D eigenvalue weighted by Gasteiger charge is -2.28. The maximum Gasteiger partial charge on any atom is 0.343 e. The summed E-state index contributed by atoms with van der Waals surface area (Å²) in [6.45, 7) is 3.04. The summed E-state index contributed by atoms with van der Waals surface area (Å²) in [6, 6.07) is 15.7. The first kappa shape index (κ1) is 20.8. The third-order valence-corrected chi connectivity index (χ3v) is 5.54. The molecule has 3 heterocycles. The van der Waals surface area contributed by atoms with Crippen molar-refractivity contribution in [3.63, 3.8) is 0 Å². The second kappa shape index (κ2) is 8.82. The molecule has 0 N–H and O–H groups in total. The minimum atomic E-state index is -0.470. The molecule has 0 unspecified atom stereocenters. The molecule has 2 aromatic carbocycles. The molecule has 1 aliphatic heterocycles. The van der Waals surface area contributed by atoms with Gasteiger partial charge in [-0.2, -0.15) is 0 Å². The maximum atomic E-state index is 13.4. The minimum Gasteiger partial charge on any atom is -0.462 e. The van der Waals surface area contributed by atoms with Crippen LogP contribution in [-0.4, -0.2) is 34.2 Å². The van der Waals surface area contributed by atoms with Crippen molar-refractivity contribution in [2.75, 3.05) is 18.1 Å². The van der Waals surface area contributed by atoms with Gasteiger partial charge >= 0.3 is 5.97 Å². The number of carbonyl (C=O) groups is 1. The van der Waals surface area contributed by atoms with Crippen LogP contribution < -0.4 is 4.90 Å². The standard InChI is InChI=1S/C25H21FN4O3/c1-2-32-25(31)19-14-27-23(17-6-4-3-5-7-17)28-24(19)30-13-12-21-20(15-30)22(33-29-21)16-8-10-18(26)11-9-16/h3-11,14H,2,12-13,15H2,1H3. The van der Waals surface area contributed by atoms with Gasteiger partial charge in [0.15, 0.2) is 11.6 Å². The highest BCUT2D eigenvalue weighted by atomic mass is 19.1. The van der Waals surface area contributed by atoms with Gasteiger partial charge < -0.3 is 14.2 Å². The molecule has 1 aliphatic rings. The summed E-state index contributed by atoms with van der Waals surface area (Å²) in [7, 11) is 0. The number of hydrogen-bond acceptors (Lipinski definition) is 7. The predicted octanol–water partition coefficient (Wildman–Crippen LogP) is 4.68. The smallest absolute Gasteiger partial charge is 0.343 e. The molecular weight excluding hydrogens is 423 g/mol. The molecule has 0 radical (unpaired) electrons. The number of fused-ring (bicyclic) bond motifs is 1. The van der Waals surface area contributed by atoms with Crippen molar-refractivity contribution in [1.82, 2.24) is 15.1 Å². The number of benzene rings is 2. The number of carbonyl (C=O) groups excluding carboxylic acids is 1. The number of anilines is 1. The Hall–Kier alpha value is -4.07. The highest BCUT2D eigenvalue weighted by Crippen LogP contribution is 2.33. The Morgan fingerprint density at radius 1 is 1.12 bits per heavy atom. The highest BCUT2D eigenvalue weighted by Gasteiger charge is 2.29. The summed E-state index contributed by atoms with van der Waals surface area (Å²) >= 11 is 0. The van der Waals surface area contributed by atoms with Crippen molar-refractivity contribution in [2.45, 2.75) is 19.9 Å². The summed E-state index contributed by atoms with van der Waals surface area (Å²) in [5, 5.41) is 4.22. The topological polar surface area (TPSA) is 81.4 Å². The lowest BCUT2D eigenvalue weighted by molar-refractivity contribution is 0.0526. The Kier molecular flexibility index (Phi) is 5.56. The summed E-state index contributed by atoms with van der Waals surface area (Å²) in [4.78, 5) is 23.8. The van der Waals surface area contributed by atoms with Gasteiger partial charge in [-0.1, -0.05) is 35.5 Å². The quantitative estimate of drug-likeness (QED) is 0.414. The van der Waals surface area contributed by atoms with Crippen molar-refractivity contribution in [1.29, 1.82) is 0 Å². The van der Waals surface area contributed by atoms with Crippen LogP contribution in [0.1, 0.15) is 28.5 Å². The van der Waals surface area contributed by atoms with Gasteiger partial charge in [-0.25, -0.2) is 19.2 Å². The van der Waals surface area contributed by atoms with Crippen molar-refractivity contribution in [2.24, 2.45) is 0 Å². The molecule has 0 saturated heterocycles. The van der Waals surface area contributed by atoms with E-state index < -0.39 is 5.97 Å². The molecule has 7 nitrogen and oxygen atoms in total. The average Bonchev–Trinajstić information content (AvgIpc) is 3.28. The van der Waals surface area contributed by atoms with E-state index in [2.05, 4.69) is 10.1 Å². The van der Waals surface area contributed by atoms with Crippen molar-refractivity contribution in [3.8, 4) is 22.7 Å². The van der Waals surface area contributed by atoms with Crippen molar-refractivity contribution in [3.05, 3.63) is 83.4 Å². The fourth-order valence-electron chi connectivity index (χ4n) is 3.91. The zero-order chi connectivity index (χ0) is 22.8. The molecule has 8 heteroatoms. The van der Waals surface area contributed by atoms with Crippen molar-refractivity contribution < 1.29 is 18.4 Å². The van der Waals surface area contributed by atoms with Crippen LogP contribution >= 0.6 is 0 Å². The number of nitrogens with zero attached hydrogens (tertiary/aromatic N) is 4. The molecule has 5 rings (SSSR count). The Morgan fingerprint density at radius 3 is 2.67 bits per heavy atom. The van der Waals surface area contributed by atoms with Crippen LogP contribution in [0.4, 0.5) is 10.2 Å². The molecule has 33 heavy (non-hydrogen) atoms. The van der Waals surface area contributed by atoms with E-state index in [0.29, 0.717) is 42.5 Å². The summed E-state index contributed by atoms with van der Waals surface area (Å²) in [6.07, 6.45) is 2.14. The Morgan fingerprint density at radius 2 is 1.91 bits per heavy atom. The second-order valence-electron chi connectivity index (χ2n) is 7.63. The zero-order valence-electron chi connectivity index (χ0n) is 18.0. The van der Waals surface area contributed by atoms with Crippen LogP contribution in [-0.2, 0) is 17.7 Å². The first-order chi connectivity index (χ1) is 16.1. The molecule has 0 spiro atoms. The van der Waals surface area contributed by atoms with Crippen LogP contribution in [0.15, 0.2) is 65.3 Å². The van der Waals surface area contributed by atoms with Crippen LogP contribution in [0, 0.1) is 5.82 Å². The SMILES string of the molecule is CCOC(=O)c1cnc(-c2ccccc2)nc1N1CCc2noc(-c3ccc(F)cc3)c2C1. The number of ether oxygens (including phenoxy) is 1. The minimum absolute atomic E-state index is 0.253. The third kappa shape index (κ3) is 4.07. The van der Waals surface area contributed by atoms with Gasteiger partial charge in [0.2, 0.25) is 0 Å². The normalized spacial score (nSPS) is 13.0. The Bertz CT molecular complexity index is 1290. The molecule has 2 aromatic heterocycles. The van der Waals surface area contributed by atoms with Crippen molar-refractivity contribution >= 4 is 11.8 Å². The van der Waals surface area contributed by atoms with E-state index in [4.69, 9.17) is 14.2 Å². The van der Waals surface area contributed by atoms with Gasteiger partial charge in [-0.3, -0.25) is 0 Å². The van der Waals surface area contributed by atoms with E-state index >= 15 is 0 Å². The van der Waals surface area contributed by atoms with Gasteiger partial charge in [0, 0.05) is 35.9 Å². The molecular formula is C25H21FN4O3.